The summed E-state index contributed by atoms with van der Waals surface area (Å²) in [7, 11) is 0. The Bertz CT molecular complexity index is 466. The van der Waals surface area contributed by atoms with Crippen molar-refractivity contribution in [2.75, 3.05) is 26.4 Å². The fourth-order valence-corrected chi connectivity index (χ4v) is 1.71. The molecule has 1 saturated heterocycles. The Hall–Kier alpha value is -2.00. The molecule has 1 fully saturated rings. The fourth-order valence-electron chi connectivity index (χ4n) is 1.71. The second kappa shape index (κ2) is 9.33. The number of hydrogen-bond acceptors (Lipinski definition) is 8. The van der Waals surface area contributed by atoms with Gasteiger partial charge in [0, 0.05) is 12.8 Å². The maximum absolute atomic E-state index is 11.4. The molecule has 9 nitrogen and oxygen atoms in total. The summed E-state index contributed by atoms with van der Waals surface area (Å²) in [6, 6.07) is 0. The van der Waals surface area contributed by atoms with Crippen molar-refractivity contribution in [1.29, 1.82) is 0 Å². The molecular weight excluding hydrogens is 322 g/mol. The fraction of sp³-hybridized carbons (Fsp3) is 0.733. The normalized spacial score (nSPS) is 14.9. The van der Waals surface area contributed by atoms with Gasteiger partial charge in [-0.05, 0) is 20.8 Å². The van der Waals surface area contributed by atoms with Gasteiger partial charge >= 0.3 is 11.9 Å². The summed E-state index contributed by atoms with van der Waals surface area (Å²) in [4.78, 5) is 49.9. The van der Waals surface area contributed by atoms with Crippen LogP contribution in [0.4, 0.5) is 0 Å². The second-order valence-corrected chi connectivity index (χ2v) is 6.05. The van der Waals surface area contributed by atoms with Gasteiger partial charge in [0.05, 0.1) is 26.2 Å². The van der Waals surface area contributed by atoms with Crippen molar-refractivity contribution in [2.24, 2.45) is 0 Å². The van der Waals surface area contributed by atoms with Crippen LogP contribution in [0.5, 0.6) is 0 Å². The summed E-state index contributed by atoms with van der Waals surface area (Å²) in [5.41, 5.74) is -0.529. The molecule has 0 atom stereocenters. The topological polar surface area (TPSA) is 108 Å². The summed E-state index contributed by atoms with van der Waals surface area (Å²) < 4.78 is 15.3. The molecule has 136 valence electrons. The minimum atomic E-state index is -0.840. The standard InChI is InChI=1S/C15H23NO8/c1-15(2,3)23-13(19)6-7-21-8-9-22-10-14(20)24-16-11(17)4-5-12(16)18/h4-10H2,1-3H3. The van der Waals surface area contributed by atoms with Crippen LogP contribution in [0.25, 0.3) is 0 Å². The second-order valence-electron chi connectivity index (χ2n) is 6.05. The number of hydroxylamine groups is 2. The van der Waals surface area contributed by atoms with Crippen molar-refractivity contribution in [1.82, 2.24) is 5.06 Å². The Morgan fingerprint density at radius 2 is 1.54 bits per heavy atom. The highest BCUT2D eigenvalue weighted by molar-refractivity contribution is 6.01. The van der Waals surface area contributed by atoms with Gasteiger partial charge in [-0.15, -0.1) is 5.06 Å². The average molecular weight is 345 g/mol. The average Bonchev–Trinajstić information content (AvgIpc) is 2.76. The van der Waals surface area contributed by atoms with Crippen molar-refractivity contribution in [3.63, 3.8) is 0 Å². The van der Waals surface area contributed by atoms with Gasteiger partial charge in [-0.25, -0.2) is 4.79 Å². The van der Waals surface area contributed by atoms with Gasteiger partial charge in [-0.2, -0.15) is 0 Å². The van der Waals surface area contributed by atoms with E-state index in [1.165, 1.54) is 0 Å². The highest BCUT2D eigenvalue weighted by Crippen LogP contribution is 2.12. The molecule has 0 saturated carbocycles. The van der Waals surface area contributed by atoms with Crippen LogP contribution in [-0.4, -0.2) is 60.8 Å². The Balaban J connectivity index is 2.02. The Morgan fingerprint density at radius 3 is 2.12 bits per heavy atom. The molecule has 1 aliphatic rings. The number of carbonyl (C=O) groups excluding carboxylic acids is 4. The number of nitrogens with zero attached hydrogens (tertiary/aromatic N) is 1. The summed E-state index contributed by atoms with van der Waals surface area (Å²) >= 11 is 0. The van der Waals surface area contributed by atoms with Crippen LogP contribution in [0, 0.1) is 0 Å². The zero-order valence-electron chi connectivity index (χ0n) is 14.2. The highest BCUT2D eigenvalue weighted by Gasteiger charge is 2.32. The van der Waals surface area contributed by atoms with Gasteiger partial charge in [0.15, 0.2) is 0 Å². The van der Waals surface area contributed by atoms with E-state index in [-0.39, 0.29) is 45.1 Å². The van der Waals surface area contributed by atoms with E-state index in [1.54, 1.807) is 20.8 Å². The van der Waals surface area contributed by atoms with Crippen LogP contribution in [0.15, 0.2) is 0 Å². The Labute approximate surface area is 140 Å². The first kappa shape index (κ1) is 20.0. The van der Waals surface area contributed by atoms with Gasteiger partial charge in [-0.3, -0.25) is 14.4 Å². The SMILES string of the molecule is CC(C)(C)OC(=O)CCOCCOCC(=O)ON1C(=O)CCC1=O. The molecule has 1 rings (SSSR count). The number of rotatable bonds is 9. The van der Waals surface area contributed by atoms with Crippen molar-refractivity contribution in [2.45, 2.75) is 45.6 Å². The molecule has 1 heterocycles. The Morgan fingerprint density at radius 1 is 0.958 bits per heavy atom. The van der Waals surface area contributed by atoms with E-state index < -0.39 is 30.0 Å². The van der Waals surface area contributed by atoms with E-state index in [4.69, 9.17) is 14.2 Å². The number of esters is 1. The maximum atomic E-state index is 11.4. The lowest BCUT2D eigenvalue weighted by Gasteiger charge is -2.19. The van der Waals surface area contributed by atoms with Crippen molar-refractivity contribution in [3.8, 4) is 0 Å². The first-order valence-corrected chi connectivity index (χ1v) is 7.63. The molecule has 0 N–H and O–H groups in total. The summed E-state index contributed by atoms with van der Waals surface area (Å²) in [5, 5.41) is 0.461. The molecule has 24 heavy (non-hydrogen) atoms. The number of amides is 2. The van der Waals surface area contributed by atoms with E-state index >= 15 is 0 Å². The predicted molar refractivity (Wildman–Crippen MR) is 79.3 cm³/mol. The molecule has 0 radical (unpaired) electrons. The molecule has 0 bridgehead atoms. The molecule has 0 unspecified atom stereocenters. The number of imide groups is 1. The van der Waals surface area contributed by atoms with Crippen LogP contribution in [0.2, 0.25) is 0 Å². The third-order valence-electron chi connectivity index (χ3n) is 2.66. The first-order valence-electron chi connectivity index (χ1n) is 7.63. The van der Waals surface area contributed by atoms with Crippen molar-refractivity contribution >= 4 is 23.8 Å². The van der Waals surface area contributed by atoms with Crippen LogP contribution in [0.3, 0.4) is 0 Å². The van der Waals surface area contributed by atoms with Gasteiger partial charge in [0.25, 0.3) is 11.8 Å². The number of ether oxygens (including phenoxy) is 3. The summed E-state index contributed by atoms with van der Waals surface area (Å²) in [5.74, 6) is -2.28. The zero-order valence-corrected chi connectivity index (χ0v) is 14.2. The number of hydrogen-bond donors (Lipinski definition) is 0. The van der Waals surface area contributed by atoms with E-state index in [0.717, 1.165) is 0 Å². The molecule has 1 aliphatic heterocycles. The molecular formula is C15H23NO8. The van der Waals surface area contributed by atoms with Crippen LogP contribution in [0.1, 0.15) is 40.0 Å². The predicted octanol–water partition coefficient (Wildman–Crippen LogP) is 0.359. The summed E-state index contributed by atoms with van der Waals surface area (Å²) in [6.45, 7) is 5.39. The summed E-state index contributed by atoms with van der Waals surface area (Å²) in [6.07, 6.45) is 0.204. The molecule has 0 aliphatic carbocycles. The zero-order chi connectivity index (χ0) is 18.2. The minimum Gasteiger partial charge on any atom is -0.460 e. The van der Waals surface area contributed by atoms with E-state index in [2.05, 4.69) is 4.84 Å². The monoisotopic (exact) mass is 345 g/mol. The van der Waals surface area contributed by atoms with Crippen LogP contribution >= 0.6 is 0 Å². The van der Waals surface area contributed by atoms with Gasteiger partial charge < -0.3 is 19.0 Å². The molecule has 0 spiro atoms. The molecule has 0 aromatic heterocycles. The number of carbonyl (C=O) groups is 4. The van der Waals surface area contributed by atoms with Crippen molar-refractivity contribution < 1.29 is 38.2 Å². The lowest BCUT2D eigenvalue weighted by atomic mass is 10.2. The van der Waals surface area contributed by atoms with E-state index in [1.807, 2.05) is 0 Å². The largest absolute Gasteiger partial charge is 0.460 e. The lowest BCUT2D eigenvalue weighted by Crippen LogP contribution is -2.33. The molecule has 0 aromatic carbocycles. The first-order chi connectivity index (χ1) is 11.2. The van der Waals surface area contributed by atoms with Gasteiger partial charge in [0.2, 0.25) is 0 Å². The highest BCUT2D eigenvalue weighted by atomic mass is 16.7. The molecule has 2 amide bonds. The third-order valence-corrected chi connectivity index (χ3v) is 2.66. The molecule has 9 heteroatoms. The van der Waals surface area contributed by atoms with Gasteiger partial charge in [-0.1, -0.05) is 0 Å². The van der Waals surface area contributed by atoms with Gasteiger partial charge in [0.1, 0.15) is 12.2 Å². The molecule has 0 aromatic rings. The third kappa shape index (κ3) is 8.02. The smallest absolute Gasteiger partial charge is 0.358 e. The maximum Gasteiger partial charge on any atom is 0.358 e. The minimum absolute atomic E-state index is 0.0401. The van der Waals surface area contributed by atoms with Crippen molar-refractivity contribution in [3.05, 3.63) is 0 Å². The lowest BCUT2D eigenvalue weighted by molar-refractivity contribution is -0.200. The van der Waals surface area contributed by atoms with Crippen LogP contribution < -0.4 is 0 Å². The van der Waals surface area contributed by atoms with E-state index in [0.29, 0.717) is 5.06 Å². The quantitative estimate of drug-likeness (QED) is 0.335. The Kier molecular flexibility index (Phi) is 7.80. The van der Waals surface area contributed by atoms with E-state index in [9.17, 15) is 19.2 Å². The van der Waals surface area contributed by atoms with Crippen LogP contribution in [-0.2, 0) is 38.2 Å².